The van der Waals surface area contributed by atoms with Gasteiger partial charge in [-0.25, -0.2) is 4.79 Å². The summed E-state index contributed by atoms with van der Waals surface area (Å²) in [6.07, 6.45) is 5.20. The van der Waals surface area contributed by atoms with Crippen LogP contribution in [0.3, 0.4) is 0 Å². The lowest BCUT2D eigenvalue weighted by molar-refractivity contribution is -0.0000462. The fourth-order valence-corrected chi connectivity index (χ4v) is 2.18. The molecule has 18 heavy (non-hydrogen) atoms. The maximum absolute atomic E-state index is 11.6. The summed E-state index contributed by atoms with van der Waals surface area (Å²) in [5.74, 6) is -0.102. The van der Waals surface area contributed by atoms with Crippen LogP contribution in [-0.2, 0) is 4.74 Å². The average Bonchev–Trinajstić information content (AvgIpc) is 2.83. The average molecular weight is 273 g/mol. The van der Waals surface area contributed by atoms with Crippen molar-refractivity contribution in [3.63, 3.8) is 0 Å². The third-order valence-electron chi connectivity index (χ3n) is 2.99. The zero-order valence-electron chi connectivity index (χ0n) is 10.6. The van der Waals surface area contributed by atoms with E-state index in [0.717, 1.165) is 19.6 Å². The lowest BCUT2D eigenvalue weighted by Crippen LogP contribution is -3.00. The number of esters is 1. The van der Waals surface area contributed by atoms with E-state index in [0.29, 0.717) is 0 Å². The quantitative estimate of drug-likeness (QED) is 0.681. The summed E-state index contributed by atoms with van der Waals surface area (Å²) in [5, 5.41) is 0. The Morgan fingerprint density at radius 2 is 2.17 bits per heavy atom. The SMILES string of the molecule is CC(CN1CCCCC1)OC(=O)c1ccco1.[Cl-]. The van der Waals surface area contributed by atoms with Crippen molar-refractivity contribution < 1.29 is 26.4 Å². The van der Waals surface area contributed by atoms with Crippen LogP contribution in [0, 0.1) is 0 Å². The second-order valence-electron chi connectivity index (χ2n) is 4.55. The number of hydrogen-bond acceptors (Lipinski definition) is 4. The Balaban J connectivity index is 0.00000162. The number of likely N-dealkylation sites (tertiary alicyclic amines) is 1. The molecule has 5 heteroatoms. The van der Waals surface area contributed by atoms with E-state index in [-0.39, 0.29) is 30.2 Å². The Bertz CT molecular complexity index is 347. The van der Waals surface area contributed by atoms with Gasteiger partial charge in [0.25, 0.3) is 0 Å². The van der Waals surface area contributed by atoms with Gasteiger partial charge in [-0.05, 0) is 45.0 Å². The Hall–Kier alpha value is -1.00. The third-order valence-corrected chi connectivity index (χ3v) is 2.99. The summed E-state index contributed by atoms with van der Waals surface area (Å²) in [6.45, 7) is 4.97. The van der Waals surface area contributed by atoms with Crippen LogP contribution in [0.25, 0.3) is 0 Å². The standard InChI is InChI=1S/C13H19NO3.ClH/c1-11(10-14-7-3-2-4-8-14)17-13(15)12-6-5-9-16-12;/h5-6,9,11H,2-4,7-8,10H2,1H3;1H/p-1. The van der Waals surface area contributed by atoms with Crippen LogP contribution in [-0.4, -0.2) is 36.6 Å². The van der Waals surface area contributed by atoms with E-state index >= 15 is 0 Å². The Morgan fingerprint density at radius 1 is 1.44 bits per heavy atom. The van der Waals surface area contributed by atoms with Gasteiger partial charge in [-0.1, -0.05) is 6.42 Å². The topological polar surface area (TPSA) is 42.7 Å². The molecule has 102 valence electrons. The zero-order valence-corrected chi connectivity index (χ0v) is 11.4. The van der Waals surface area contributed by atoms with Crippen LogP contribution >= 0.6 is 0 Å². The molecule has 0 aromatic carbocycles. The second kappa shape index (κ2) is 7.44. The summed E-state index contributed by atoms with van der Waals surface area (Å²) in [4.78, 5) is 14.0. The maximum Gasteiger partial charge on any atom is 0.374 e. The van der Waals surface area contributed by atoms with Gasteiger partial charge in [-0.15, -0.1) is 0 Å². The highest BCUT2D eigenvalue weighted by Gasteiger charge is 2.18. The lowest BCUT2D eigenvalue weighted by atomic mass is 10.1. The normalized spacial score (nSPS) is 17.8. The molecule has 0 amide bonds. The number of ether oxygens (including phenoxy) is 1. The smallest absolute Gasteiger partial charge is 0.374 e. The van der Waals surface area contributed by atoms with Crippen LogP contribution in [0.2, 0.25) is 0 Å². The Kier molecular flexibility index (Phi) is 6.22. The molecule has 1 atom stereocenters. The van der Waals surface area contributed by atoms with Crippen molar-refractivity contribution in [1.29, 1.82) is 0 Å². The Morgan fingerprint density at radius 3 is 2.78 bits per heavy atom. The molecule has 1 unspecified atom stereocenters. The van der Waals surface area contributed by atoms with E-state index in [9.17, 15) is 4.79 Å². The highest BCUT2D eigenvalue weighted by molar-refractivity contribution is 5.86. The number of piperidine rings is 1. The van der Waals surface area contributed by atoms with E-state index in [1.54, 1.807) is 12.1 Å². The maximum atomic E-state index is 11.6. The van der Waals surface area contributed by atoms with E-state index in [4.69, 9.17) is 9.15 Å². The molecule has 4 nitrogen and oxygen atoms in total. The van der Waals surface area contributed by atoms with E-state index < -0.39 is 0 Å². The van der Waals surface area contributed by atoms with Gasteiger partial charge in [0.15, 0.2) is 0 Å². The minimum atomic E-state index is -0.375. The second-order valence-corrected chi connectivity index (χ2v) is 4.55. The zero-order chi connectivity index (χ0) is 12.1. The number of carbonyl (C=O) groups excluding carboxylic acids is 1. The number of rotatable bonds is 4. The molecular formula is C13H19ClNO3-. The number of furan rings is 1. The number of hydrogen-bond donors (Lipinski definition) is 0. The first-order valence-corrected chi connectivity index (χ1v) is 6.22. The first kappa shape index (κ1) is 15.1. The minimum Gasteiger partial charge on any atom is -1.00 e. The van der Waals surface area contributed by atoms with Crippen molar-refractivity contribution >= 4 is 5.97 Å². The molecule has 0 radical (unpaired) electrons. The van der Waals surface area contributed by atoms with Crippen molar-refractivity contribution in [1.82, 2.24) is 4.90 Å². The van der Waals surface area contributed by atoms with E-state index in [1.165, 1.54) is 25.5 Å². The molecule has 1 aliphatic rings. The molecule has 1 aromatic rings. The molecule has 0 bridgehead atoms. The number of carbonyl (C=O) groups is 1. The van der Waals surface area contributed by atoms with E-state index in [1.807, 2.05) is 6.92 Å². The van der Waals surface area contributed by atoms with E-state index in [2.05, 4.69) is 4.90 Å². The largest absolute Gasteiger partial charge is 1.00 e. The fraction of sp³-hybridized carbons (Fsp3) is 0.615. The lowest BCUT2D eigenvalue weighted by Gasteiger charge is -2.28. The molecule has 0 saturated carbocycles. The molecule has 1 aliphatic heterocycles. The van der Waals surface area contributed by atoms with Crippen LogP contribution in [0.15, 0.2) is 22.8 Å². The summed E-state index contributed by atoms with van der Waals surface area (Å²) in [6, 6.07) is 3.31. The van der Waals surface area contributed by atoms with Gasteiger partial charge in [0.2, 0.25) is 5.76 Å². The first-order valence-electron chi connectivity index (χ1n) is 6.22. The summed E-state index contributed by atoms with van der Waals surface area (Å²) < 4.78 is 10.3. The first-order chi connectivity index (χ1) is 8.25. The Labute approximate surface area is 114 Å². The molecule has 0 aliphatic carbocycles. The van der Waals surface area contributed by atoms with Gasteiger partial charge in [-0.3, -0.25) is 4.90 Å². The third kappa shape index (κ3) is 4.35. The van der Waals surface area contributed by atoms with Crippen LogP contribution in [0.4, 0.5) is 0 Å². The molecule has 1 aromatic heterocycles. The van der Waals surface area contributed by atoms with Gasteiger partial charge < -0.3 is 21.6 Å². The van der Waals surface area contributed by atoms with Crippen molar-refractivity contribution in [2.45, 2.75) is 32.3 Å². The summed E-state index contributed by atoms with van der Waals surface area (Å²) in [5.41, 5.74) is 0. The molecule has 1 saturated heterocycles. The predicted octanol–water partition coefficient (Wildman–Crippen LogP) is -0.685. The molecular weight excluding hydrogens is 254 g/mol. The van der Waals surface area contributed by atoms with Gasteiger partial charge in [-0.2, -0.15) is 0 Å². The molecule has 0 N–H and O–H groups in total. The van der Waals surface area contributed by atoms with Crippen LogP contribution in [0.1, 0.15) is 36.7 Å². The van der Waals surface area contributed by atoms with Gasteiger partial charge in [0.05, 0.1) is 6.26 Å². The van der Waals surface area contributed by atoms with Crippen LogP contribution in [0.5, 0.6) is 0 Å². The highest BCUT2D eigenvalue weighted by Crippen LogP contribution is 2.11. The van der Waals surface area contributed by atoms with Crippen molar-refractivity contribution in [2.75, 3.05) is 19.6 Å². The summed E-state index contributed by atoms with van der Waals surface area (Å²) >= 11 is 0. The minimum absolute atomic E-state index is 0. The highest BCUT2D eigenvalue weighted by atomic mass is 35.5. The van der Waals surface area contributed by atoms with Gasteiger partial charge >= 0.3 is 5.97 Å². The van der Waals surface area contributed by atoms with Crippen LogP contribution < -0.4 is 12.4 Å². The number of halogens is 1. The molecule has 0 spiro atoms. The van der Waals surface area contributed by atoms with Crippen molar-refractivity contribution in [2.24, 2.45) is 0 Å². The number of nitrogens with zero attached hydrogens (tertiary/aromatic N) is 1. The monoisotopic (exact) mass is 272 g/mol. The molecule has 1 fully saturated rings. The molecule has 2 rings (SSSR count). The van der Waals surface area contributed by atoms with Crippen molar-refractivity contribution in [3.8, 4) is 0 Å². The van der Waals surface area contributed by atoms with Gasteiger partial charge in [0, 0.05) is 6.54 Å². The summed E-state index contributed by atoms with van der Waals surface area (Å²) in [7, 11) is 0. The molecule has 2 heterocycles. The predicted molar refractivity (Wildman–Crippen MR) is 63.9 cm³/mol. The van der Waals surface area contributed by atoms with Crippen molar-refractivity contribution in [3.05, 3.63) is 24.2 Å². The fourth-order valence-electron chi connectivity index (χ4n) is 2.18. The van der Waals surface area contributed by atoms with Gasteiger partial charge in [0.1, 0.15) is 6.10 Å².